The summed E-state index contributed by atoms with van der Waals surface area (Å²) >= 11 is 0. The first-order chi connectivity index (χ1) is 13.7. The number of hydrogen-bond donors (Lipinski definition) is 0. The summed E-state index contributed by atoms with van der Waals surface area (Å²) in [4.78, 5) is 8.65. The van der Waals surface area contributed by atoms with Gasteiger partial charge in [-0.3, -0.25) is 4.98 Å². The van der Waals surface area contributed by atoms with Crippen molar-refractivity contribution < 1.29 is 13.2 Å². The summed E-state index contributed by atoms with van der Waals surface area (Å²) in [5.74, 6) is -0.196. The summed E-state index contributed by atoms with van der Waals surface area (Å²) in [5, 5.41) is 16.3. The van der Waals surface area contributed by atoms with Gasteiger partial charge < -0.3 is 8.98 Å². The molecule has 0 atom stereocenters. The van der Waals surface area contributed by atoms with Crippen molar-refractivity contribution in [3.63, 3.8) is 0 Å². The van der Waals surface area contributed by atoms with Gasteiger partial charge in [0.1, 0.15) is 5.69 Å². The van der Waals surface area contributed by atoms with E-state index in [-0.39, 0.29) is 5.89 Å². The van der Waals surface area contributed by atoms with E-state index in [9.17, 15) is 14.0 Å². The Hall–Kier alpha value is -3.93. The van der Waals surface area contributed by atoms with E-state index in [0.717, 1.165) is 5.56 Å². The summed E-state index contributed by atoms with van der Waals surface area (Å²) in [7, 11) is 0. The Morgan fingerprint density at radius 2 is 1.96 bits per heavy atom. The number of imidazole rings is 1. The number of nitrogens with zero attached hydrogens (tertiary/aromatic N) is 6. The molecular formula is C19H12F2N6O. The van der Waals surface area contributed by atoms with E-state index in [1.165, 1.54) is 6.20 Å². The van der Waals surface area contributed by atoms with E-state index in [4.69, 9.17) is 4.42 Å². The maximum atomic E-state index is 12.7. The number of nitriles is 1. The first kappa shape index (κ1) is 17.5. The van der Waals surface area contributed by atoms with Gasteiger partial charge in [0.05, 0.1) is 18.2 Å². The molecule has 3 heterocycles. The molecule has 0 saturated heterocycles. The fraction of sp³-hybridized carbons (Fsp3) is 0.105. The topological polar surface area (TPSA) is 93.4 Å². The van der Waals surface area contributed by atoms with Gasteiger partial charge in [-0.2, -0.15) is 14.0 Å². The van der Waals surface area contributed by atoms with E-state index in [2.05, 4.69) is 26.2 Å². The molecule has 138 valence electrons. The second kappa shape index (κ2) is 7.36. The summed E-state index contributed by atoms with van der Waals surface area (Å²) < 4.78 is 32.2. The van der Waals surface area contributed by atoms with Crippen molar-refractivity contribution in [3.05, 3.63) is 72.0 Å². The highest BCUT2D eigenvalue weighted by Gasteiger charge is 2.18. The minimum atomic E-state index is -2.83. The molecule has 0 aliphatic rings. The largest absolute Gasteiger partial charge is 0.415 e. The molecule has 0 bridgehead atoms. The maximum Gasteiger partial charge on any atom is 0.314 e. The van der Waals surface area contributed by atoms with E-state index < -0.39 is 12.3 Å². The van der Waals surface area contributed by atoms with Crippen LogP contribution in [0.4, 0.5) is 8.78 Å². The zero-order chi connectivity index (χ0) is 19.5. The summed E-state index contributed by atoms with van der Waals surface area (Å²) in [6.45, 7) is 0.432. The molecule has 0 fully saturated rings. The molecule has 0 radical (unpaired) electrons. The Balaban J connectivity index is 1.68. The molecule has 28 heavy (non-hydrogen) atoms. The molecule has 4 aromatic rings. The lowest BCUT2D eigenvalue weighted by atomic mass is 10.1. The van der Waals surface area contributed by atoms with Gasteiger partial charge in [-0.25, -0.2) is 4.98 Å². The monoisotopic (exact) mass is 378 g/mol. The number of benzene rings is 1. The Kier molecular flexibility index (Phi) is 4.60. The predicted octanol–water partition coefficient (Wildman–Crippen LogP) is 3.85. The lowest BCUT2D eigenvalue weighted by molar-refractivity contribution is 0.116. The molecule has 4 rings (SSSR count). The standard InChI is InChI=1S/C19H12F2N6O/c20-16(21)19-26-25-18(28-19)12-5-6-23-15(9-12)17-24-7-8-27(17)11-14-4-2-1-3-13(14)10-22/h1-9,16H,11H2. The fourth-order valence-electron chi connectivity index (χ4n) is 2.75. The first-order valence-electron chi connectivity index (χ1n) is 8.23. The van der Waals surface area contributed by atoms with Crippen molar-refractivity contribution in [2.45, 2.75) is 13.0 Å². The highest BCUT2D eigenvalue weighted by atomic mass is 19.3. The van der Waals surface area contributed by atoms with Gasteiger partial charge in [0.25, 0.3) is 5.89 Å². The van der Waals surface area contributed by atoms with Crippen LogP contribution in [0.3, 0.4) is 0 Å². The Labute approximate surface area is 157 Å². The van der Waals surface area contributed by atoms with Crippen molar-refractivity contribution in [2.24, 2.45) is 0 Å². The second-order valence-corrected chi connectivity index (χ2v) is 5.82. The molecule has 0 aliphatic carbocycles. The SMILES string of the molecule is N#Cc1ccccc1Cn1ccnc1-c1cc(-c2nnc(C(F)F)o2)ccn1. The quantitative estimate of drug-likeness (QED) is 0.524. The van der Waals surface area contributed by atoms with Gasteiger partial charge in [0, 0.05) is 24.2 Å². The molecule has 1 aromatic carbocycles. The van der Waals surface area contributed by atoms with Crippen LogP contribution in [0.15, 0.2) is 59.4 Å². The maximum absolute atomic E-state index is 12.7. The van der Waals surface area contributed by atoms with Gasteiger partial charge in [0.2, 0.25) is 5.89 Å². The smallest absolute Gasteiger partial charge is 0.314 e. The Morgan fingerprint density at radius 3 is 2.75 bits per heavy atom. The van der Waals surface area contributed by atoms with E-state index in [0.29, 0.717) is 29.2 Å². The van der Waals surface area contributed by atoms with E-state index in [1.807, 2.05) is 16.7 Å². The lowest BCUT2D eigenvalue weighted by Crippen LogP contribution is -2.03. The van der Waals surface area contributed by atoms with Gasteiger partial charge in [-0.15, -0.1) is 10.2 Å². The van der Waals surface area contributed by atoms with E-state index >= 15 is 0 Å². The number of pyridine rings is 1. The molecule has 0 aliphatic heterocycles. The number of hydrogen-bond acceptors (Lipinski definition) is 6. The highest BCUT2D eigenvalue weighted by molar-refractivity contribution is 5.61. The van der Waals surface area contributed by atoms with Crippen LogP contribution in [0.5, 0.6) is 0 Å². The molecular weight excluding hydrogens is 366 g/mol. The normalized spacial score (nSPS) is 10.9. The molecule has 9 heteroatoms. The minimum absolute atomic E-state index is 0.0214. The number of halogens is 2. The zero-order valence-corrected chi connectivity index (χ0v) is 14.3. The van der Waals surface area contributed by atoms with Gasteiger partial charge >= 0.3 is 6.43 Å². The third-order valence-electron chi connectivity index (χ3n) is 4.06. The van der Waals surface area contributed by atoms with Crippen LogP contribution < -0.4 is 0 Å². The van der Waals surface area contributed by atoms with Crippen molar-refractivity contribution >= 4 is 0 Å². The average molecular weight is 378 g/mol. The van der Waals surface area contributed by atoms with Crippen LogP contribution in [0, 0.1) is 11.3 Å². The van der Waals surface area contributed by atoms with Gasteiger partial charge in [0.15, 0.2) is 5.82 Å². The van der Waals surface area contributed by atoms with Gasteiger partial charge in [-0.05, 0) is 23.8 Å². The van der Waals surface area contributed by atoms with E-state index in [1.54, 1.807) is 36.7 Å². The van der Waals surface area contributed by atoms with Crippen LogP contribution >= 0.6 is 0 Å². The lowest BCUT2D eigenvalue weighted by Gasteiger charge is -2.09. The summed E-state index contributed by atoms with van der Waals surface area (Å²) in [5.41, 5.74) is 2.39. The minimum Gasteiger partial charge on any atom is -0.415 e. The number of rotatable bonds is 5. The molecule has 7 nitrogen and oxygen atoms in total. The second-order valence-electron chi connectivity index (χ2n) is 5.82. The molecule has 0 spiro atoms. The van der Waals surface area contributed by atoms with Crippen LogP contribution in [0.1, 0.15) is 23.4 Å². The number of aromatic nitrogens is 5. The average Bonchev–Trinajstić information content (AvgIpc) is 3.38. The molecule has 0 amide bonds. The zero-order valence-electron chi connectivity index (χ0n) is 14.3. The number of alkyl halides is 2. The van der Waals surface area contributed by atoms with Gasteiger partial charge in [-0.1, -0.05) is 18.2 Å². The molecule has 0 N–H and O–H groups in total. The highest BCUT2D eigenvalue weighted by Crippen LogP contribution is 2.26. The predicted molar refractivity (Wildman–Crippen MR) is 94.0 cm³/mol. The van der Waals surface area contributed by atoms with Crippen molar-refractivity contribution in [1.82, 2.24) is 24.7 Å². The van der Waals surface area contributed by atoms with Crippen LogP contribution in [-0.2, 0) is 6.54 Å². The third-order valence-corrected chi connectivity index (χ3v) is 4.06. The third kappa shape index (κ3) is 3.35. The molecule has 0 saturated carbocycles. The Morgan fingerprint density at radius 1 is 1.11 bits per heavy atom. The molecule has 3 aromatic heterocycles. The first-order valence-corrected chi connectivity index (χ1v) is 8.23. The summed E-state index contributed by atoms with van der Waals surface area (Å²) in [6, 6.07) is 12.7. The van der Waals surface area contributed by atoms with Crippen LogP contribution in [0.2, 0.25) is 0 Å². The Bertz CT molecular complexity index is 1160. The van der Waals surface area contributed by atoms with Crippen molar-refractivity contribution in [1.29, 1.82) is 5.26 Å². The fourth-order valence-corrected chi connectivity index (χ4v) is 2.75. The van der Waals surface area contributed by atoms with Crippen molar-refractivity contribution in [2.75, 3.05) is 0 Å². The van der Waals surface area contributed by atoms with Crippen LogP contribution in [-0.4, -0.2) is 24.7 Å². The molecule has 0 unspecified atom stereocenters. The summed E-state index contributed by atoms with van der Waals surface area (Å²) in [6.07, 6.45) is 2.08. The van der Waals surface area contributed by atoms with Crippen LogP contribution in [0.25, 0.3) is 23.0 Å². The van der Waals surface area contributed by atoms with Crippen molar-refractivity contribution in [3.8, 4) is 29.0 Å².